The van der Waals surface area contributed by atoms with Gasteiger partial charge in [-0.2, -0.15) is 26.3 Å². The Balaban J connectivity index is 4.16. The van der Waals surface area contributed by atoms with Crippen LogP contribution in [0.4, 0.5) is 26.3 Å². The van der Waals surface area contributed by atoms with Crippen molar-refractivity contribution in [3.8, 4) is 0 Å². The maximum absolute atomic E-state index is 12.2. The number of carbonyl (C=O) groups is 1. The van der Waals surface area contributed by atoms with E-state index >= 15 is 0 Å². The van der Waals surface area contributed by atoms with Crippen LogP contribution < -0.4 is 0 Å². The van der Waals surface area contributed by atoms with Crippen LogP contribution in [0.5, 0.6) is 0 Å². The van der Waals surface area contributed by atoms with Crippen LogP contribution in [-0.2, 0) is 9.53 Å². The third kappa shape index (κ3) is 24.0. The molecule has 31 heavy (non-hydrogen) atoms. The molecule has 1 atom stereocenters. The van der Waals surface area contributed by atoms with Gasteiger partial charge in [0.15, 0.2) is 0 Å². The smallest absolute Gasteiger partial charge is 0.389 e. The highest BCUT2D eigenvalue weighted by atomic mass is 79.9. The minimum atomic E-state index is -4.15. The minimum absolute atomic E-state index is 0.0664. The zero-order chi connectivity index (χ0) is 23.6. The third-order valence-electron chi connectivity index (χ3n) is 5.04. The summed E-state index contributed by atoms with van der Waals surface area (Å²) in [5.74, 6) is -0.274. The summed E-state index contributed by atoms with van der Waals surface area (Å²) in [4.78, 5) is 12.1. The summed E-state index contributed by atoms with van der Waals surface area (Å²) in [6.45, 7) is 0. The molecule has 0 rings (SSSR count). The standard InChI is InChI=1S/C22H37BrF6O2/c23-18-12-5-3-9-15-20(30)31-19(14-8-6-11-17-22(27,28)29)13-7-2-1-4-10-16-21(24,25)26/h19H,1-18H2. The van der Waals surface area contributed by atoms with Crippen molar-refractivity contribution in [2.75, 3.05) is 5.33 Å². The van der Waals surface area contributed by atoms with Crippen molar-refractivity contribution >= 4 is 21.9 Å². The Hall–Kier alpha value is -0.470. The van der Waals surface area contributed by atoms with E-state index in [0.717, 1.165) is 43.9 Å². The van der Waals surface area contributed by atoms with Crippen molar-refractivity contribution in [3.63, 3.8) is 0 Å². The van der Waals surface area contributed by atoms with Gasteiger partial charge in [0.1, 0.15) is 6.10 Å². The van der Waals surface area contributed by atoms with Gasteiger partial charge in [-0.15, -0.1) is 0 Å². The first-order valence-corrected chi connectivity index (χ1v) is 12.5. The lowest BCUT2D eigenvalue weighted by molar-refractivity contribution is -0.150. The van der Waals surface area contributed by atoms with Gasteiger partial charge in [-0.3, -0.25) is 4.79 Å². The van der Waals surface area contributed by atoms with Gasteiger partial charge in [-0.05, 0) is 51.4 Å². The fraction of sp³-hybridized carbons (Fsp3) is 0.955. The molecular formula is C22H37BrF6O2. The molecule has 0 spiro atoms. The minimum Gasteiger partial charge on any atom is -0.462 e. The molecule has 0 aromatic rings. The number of unbranched alkanes of at least 4 members (excludes halogenated alkanes) is 9. The largest absolute Gasteiger partial charge is 0.462 e. The molecule has 0 saturated carbocycles. The molecule has 0 bridgehead atoms. The summed E-state index contributed by atoms with van der Waals surface area (Å²) in [6.07, 6.45) is -1.02. The summed E-state index contributed by atoms with van der Waals surface area (Å²) in [6, 6.07) is 0. The lowest BCUT2D eigenvalue weighted by atomic mass is 10.0. The maximum atomic E-state index is 12.2. The molecule has 0 aliphatic heterocycles. The fourth-order valence-electron chi connectivity index (χ4n) is 3.33. The summed E-state index contributed by atoms with van der Waals surface area (Å²) in [5, 5.41) is 0.935. The fourth-order valence-corrected chi connectivity index (χ4v) is 3.72. The quantitative estimate of drug-likeness (QED) is 0.0725. The summed E-state index contributed by atoms with van der Waals surface area (Å²) in [7, 11) is 0. The number of hydrogen-bond donors (Lipinski definition) is 0. The molecule has 0 radical (unpaired) electrons. The Morgan fingerprint density at radius 1 is 0.645 bits per heavy atom. The van der Waals surface area contributed by atoms with Crippen molar-refractivity contribution in [1.82, 2.24) is 0 Å². The lowest BCUT2D eigenvalue weighted by Crippen LogP contribution is -2.18. The molecule has 0 aromatic heterocycles. The monoisotopic (exact) mass is 526 g/mol. The van der Waals surface area contributed by atoms with Crippen molar-refractivity contribution in [2.24, 2.45) is 0 Å². The van der Waals surface area contributed by atoms with Crippen LogP contribution in [0, 0.1) is 0 Å². The highest BCUT2D eigenvalue weighted by Crippen LogP contribution is 2.25. The van der Waals surface area contributed by atoms with E-state index in [1.54, 1.807) is 0 Å². The average molecular weight is 527 g/mol. The van der Waals surface area contributed by atoms with E-state index < -0.39 is 25.2 Å². The number of halogens is 7. The number of ether oxygens (including phenoxy) is 1. The summed E-state index contributed by atoms with van der Waals surface area (Å²) >= 11 is 3.36. The second-order valence-corrected chi connectivity index (χ2v) is 8.89. The van der Waals surface area contributed by atoms with Crippen LogP contribution in [0.15, 0.2) is 0 Å². The van der Waals surface area contributed by atoms with Gasteiger partial charge < -0.3 is 4.74 Å². The van der Waals surface area contributed by atoms with Gasteiger partial charge >= 0.3 is 18.3 Å². The molecule has 186 valence electrons. The molecule has 0 N–H and O–H groups in total. The van der Waals surface area contributed by atoms with Crippen molar-refractivity contribution in [2.45, 2.75) is 128 Å². The van der Waals surface area contributed by atoms with Crippen molar-refractivity contribution < 1.29 is 35.9 Å². The van der Waals surface area contributed by atoms with Gasteiger partial charge in [0.05, 0.1) is 0 Å². The second kappa shape index (κ2) is 18.0. The first-order chi connectivity index (χ1) is 14.5. The Bertz CT molecular complexity index is 441. The van der Waals surface area contributed by atoms with Gasteiger partial charge in [0.2, 0.25) is 0 Å². The lowest BCUT2D eigenvalue weighted by Gasteiger charge is -2.18. The molecule has 0 heterocycles. The third-order valence-corrected chi connectivity index (χ3v) is 5.60. The zero-order valence-electron chi connectivity index (χ0n) is 18.3. The first-order valence-electron chi connectivity index (χ1n) is 11.4. The molecule has 0 aliphatic carbocycles. The Labute approximate surface area is 191 Å². The van der Waals surface area contributed by atoms with Crippen molar-refractivity contribution in [3.05, 3.63) is 0 Å². The van der Waals surface area contributed by atoms with Gasteiger partial charge in [-0.25, -0.2) is 0 Å². The molecule has 0 saturated heterocycles. The number of hydrogen-bond acceptors (Lipinski definition) is 2. The van der Waals surface area contributed by atoms with E-state index in [1.165, 1.54) is 0 Å². The second-order valence-electron chi connectivity index (χ2n) is 8.10. The zero-order valence-corrected chi connectivity index (χ0v) is 19.9. The Morgan fingerprint density at radius 2 is 1.06 bits per heavy atom. The first kappa shape index (κ1) is 30.5. The van der Waals surface area contributed by atoms with Crippen LogP contribution in [0.3, 0.4) is 0 Å². The van der Waals surface area contributed by atoms with E-state index in [1.807, 2.05) is 0 Å². The maximum Gasteiger partial charge on any atom is 0.389 e. The van der Waals surface area contributed by atoms with E-state index in [0.29, 0.717) is 44.9 Å². The Kier molecular flexibility index (Phi) is 17.7. The average Bonchev–Trinajstić information content (AvgIpc) is 2.64. The molecular weight excluding hydrogens is 490 g/mol. The van der Waals surface area contributed by atoms with Crippen LogP contribution in [0.2, 0.25) is 0 Å². The predicted molar refractivity (Wildman–Crippen MR) is 114 cm³/mol. The van der Waals surface area contributed by atoms with Crippen molar-refractivity contribution in [1.29, 1.82) is 0 Å². The SMILES string of the molecule is O=C(CCCCCCBr)OC(CCCCCCCC(F)(F)F)CCCCCC(F)(F)F. The normalized spacial score (nSPS) is 13.4. The van der Waals surface area contributed by atoms with E-state index in [4.69, 9.17) is 4.74 Å². The molecule has 2 nitrogen and oxygen atoms in total. The van der Waals surface area contributed by atoms with E-state index in [-0.39, 0.29) is 24.9 Å². The van der Waals surface area contributed by atoms with Crippen LogP contribution in [0.25, 0.3) is 0 Å². The number of rotatable bonds is 19. The van der Waals surface area contributed by atoms with E-state index in [2.05, 4.69) is 15.9 Å². The number of esters is 1. The van der Waals surface area contributed by atoms with Gasteiger partial charge in [-0.1, -0.05) is 54.5 Å². The topological polar surface area (TPSA) is 26.3 Å². The van der Waals surface area contributed by atoms with Crippen LogP contribution >= 0.6 is 15.9 Å². The van der Waals surface area contributed by atoms with Crippen LogP contribution in [0.1, 0.15) is 109 Å². The molecule has 0 fully saturated rings. The van der Waals surface area contributed by atoms with Gasteiger partial charge in [0, 0.05) is 24.6 Å². The number of carbonyl (C=O) groups excluding carboxylic acids is 1. The summed E-state index contributed by atoms with van der Waals surface area (Å²) in [5.41, 5.74) is 0. The van der Waals surface area contributed by atoms with Gasteiger partial charge in [0.25, 0.3) is 0 Å². The number of alkyl halides is 7. The molecule has 0 aromatic carbocycles. The molecule has 0 amide bonds. The highest BCUT2D eigenvalue weighted by molar-refractivity contribution is 9.09. The Morgan fingerprint density at radius 3 is 1.58 bits per heavy atom. The summed E-state index contributed by atoms with van der Waals surface area (Å²) < 4.78 is 78.7. The molecule has 1 unspecified atom stereocenters. The van der Waals surface area contributed by atoms with Crippen LogP contribution in [-0.4, -0.2) is 29.8 Å². The predicted octanol–water partition coefficient (Wildman–Crippen LogP) is 9.05. The molecule has 9 heteroatoms. The highest BCUT2D eigenvalue weighted by Gasteiger charge is 2.26. The molecule has 0 aliphatic rings. The van der Waals surface area contributed by atoms with E-state index in [9.17, 15) is 31.1 Å².